The number of rotatable bonds is 5. The Morgan fingerprint density at radius 3 is 2.55 bits per heavy atom. The smallest absolute Gasteiger partial charge is 0.120 e. The molecule has 106 valence electrons. The molecule has 1 N–H and O–H groups in total. The molecule has 20 heavy (non-hydrogen) atoms. The van der Waals surface area contributed by atoms with Crippen LogP contribution in [-0.4, -0.2) is 13.1 Å². The minimum Gasteiger partial charge on any atom is -0.468 e. The summed E-state index contributed by atoms with van der Waals surface area (Å²) >= 11 is 0. The van der Waals surface area contributed by atoms with Crippen LogP contribution in [0.3, 0.4) is 0 Å². The quantitative estimate of drug-likeness (QED) is 0.897. The van der Waals surface area contributed by atoms with Gasteiger partial charge in [-0.2, -0.15) is 0 Å². The van der Waals surface area contributed by atoms with E-state index in [1.807, 2.05) is 12.1 Å². The van der Waals surface area contributed by atoms with Gasteiger partial charge in [0, 0.05) is 25.3 Å². The fraction of sp³-hybridized carbons (Fsp3) is 0.412. The summed E-state index contributed by atoms with van der Waals surface area (Å²) in [6.07, 6.45) is 4.37. The van der Waals surface area contributed by atoms with Crippen molar-refractivity contribution in [1.29, 1.82) is 0 Å². The summed E-state index contributed by atoms with van der Waals surface area (Å²) < 4.78 is 5.40. The van der Waals surface area contributed by atoms with Crippen molar-refractivity contribution < 1.29 is 4.42 Å². The Bertz CT molecular complexity index is 512. The minimum atomic E-state index is 0.239. The molecule has 2 aromatic rings. The van der Waals surface area contributed by atoms with Crippen LogP contribution >= 0.6 is 0 Å². The summed E-state index contributed by atoms with van der Waals surface area (Å²) in [4.78, 5) is 2.46. The monoisotopic (exact) mass is 270 g/mol. The molecule has 1 aromatic carbocycles. The third-order valence-corrected chi connectivity index (χ3v) is 3.99. The van der Waals surface area contributed by atoms with Crippen LogP contribution in [0.4, 0.5) is 5.69 Å². The molecule has 3 nitrogen and oxygen atoms in total. The van der Waals surface area contributed by atoms with Gasteiger partial charge in [-0.1, -0.05) is 12.1 Å². The highest BCUT2D eigenvalue weighted by Crippen LogP contribution is 2.20. The average molecular weight is 270 g/mol. The molecule has 0 unspecified atom stereocenters. The van der Waals surface area contributed by atoms with E-state index in [9.17, 15) is 0 Å². The molecule has 1 saturated heterocycles. The Labute approximate surface area is 120 Å². The van der Waals surface area contributed by atoms with E-state index in [-0.39, 0.29) is 6.04 Å². The summed E-state index contributed by atoms with van der Waals surface area (Å²) in [7, 11) is 0. The lowest BCUT2D eigenvalue weighted by molar-refractivity contribution is 0.430. The van der Waals surface area contributed by atoms with Gasteiger partial charge in [-0.15, -0.1) is 0 Å². The summed E-state index contributed by atoms with van der Waals surface area (Å²) in [5.74, 6) is 0.985. The maximum atomic E-state index is 5.40. The number of hydrogen-bond donors (Lipinski definition) is 1. The summed E-state index contributed by atoms with van der Waals surface area (Å²) in [5.41, 5.74) is 2.66. The van der Waals surface area contributed by atoms with Crippen molar-refractivity contribution in [1.82, 2.24) is 5.32 Å². The Morgan fingerprint density at radius 2 is 1.90 bits per heavy atom. The van der Waals surface area contributed by atoms with Gasteiger partial charge in [0.2, 0.25) is 0 Å². The van der Waals surface area contributed by atoms with Crippen molar-refractivity contribution in [3.8, 4) is 0 Å². The molecule has 0 radical (unpaired) electrons. The van der Waals surface area contributed by atoms with Crippen LogP contribution in [0.2, 0.25) is 0 Å². The lowest BCUT2D eigenvalue weighted by Gasteiger charge is -2.18. The van der Waals surface area contributed by atoms with Gasteiger partial charge in [0.05, 0.1) is 12.3 Å². The molecule has 0 saturated carbocycles. The number of nitrogens with zero attached hydrogens (tertiary/aromatic N) is 1. The molecule has 2 heterocycles. The van der Waals surface area contributed by atoms with Crippen LogP contribution in [0.1, 0.15) is 37.1 Å². The molecule has 3 rings (SSSR count). The molecule has 0 bridgehead atoms. The molecular formula is C17H22N2O. The lowest BCUT2D eigenvalue weighted by Crippen LogP contribution is -2.19. The van der Waals surface area contributed by atoms with Crippen molar-refractivity contribution >= 4 is 5.69 Å². The zero-order chi connectivity index (χ0) is 13.8. The molecule has 1 atom stereocenters. The van der Waals surface area contributed by atoms with Gasteiger partial charge in [-0.25, -0.2) is 0 Å². The van der Waals surface area contributed by atoms with Gasteiger partial charge >= 0.3 is 0 Å². The summed E-state index contributed by atoms with van der Waals surface area (Å²) in [6.45, 7) is 5.39. The molecule has 3 heteroatoms. The minimum absolute atomic E-state index is 0.239. The van der Waals surface area contributed by atoms with Crippen LogP contribution in [0.25, 0.3) is 0 Å². The van der Waals surface area contributed by atoms with Crippen LogP contribution < -0.4 is 10.2 Å². The third-order valence-electron chi connectivity index (χ3n) is 3.99. The van der Waals surface area contributed by atoms with Crippen molar-refractivity contribution in [2.75, 3.05) is 18.0 Å². The van der Waals surface area contributed by atoms with Crippen LogP contribution in [-0.2, 0) is 6.54 Å². The van der Waals surface area contributed by atoms with E-state index in [0.29, 0.717) is 0 Å². The summed E-state index contributed by atoms with van der Waals surface area (Å²) in [5, 5.41) is 3.48. The highest BCUT2D eigenvalue weighted by Gasteiger charge is 2.12. The Hall–Kier alpha value is -1.74. The van der Waals surface area contributed by atoms with Crippen molar-refractivity contribution in [3.05, 3.63) is 54.0 Å². The second-order valence-electron chi connectivity index (χ2n) is 5.48. The highest BCUT2D eigenvalue weighted by molar-refractivity contribution is 5.48. The summed E-state index contributed by atoms with van der Waals surface area (Å²) in [6, 6.07) is 13.1. The first-order valence-corrected chi connectivity index (χ1v) is 7.43. The number of anilines is 1. The SMILES string of the molecule is C[C@@H](NCc1ccc(N2CCCC2)cc1)c1ccco1. The van der Waals surface area contributed by atoms with E-state index >= 15 is 0 Å². The molecule has 0 amide bonds. The fourth-order valence-electron chi connectivity index (χ4n) is 2.71. The van der Waals surface area contributed by atoms with E-state index in [1.54, 1.807) is 6.26 Å². The maximum Gasteiger partial charge on any atom is 0.120 e. The molecule has 1 fully saturated rings. The Morgan fingerprint density at radius 1 is 1.15 bits per heavy atom. The molecular weight excluding hydrogens is 248 g/mol. The van der Waals surface area contributed by atoms with Crippen molar-refractivity contribution in [3.63, 3.8) is 0 Å². The number of nitrogens with one attached hydrogen (secondary N) is 1. The van der Waals surface area contributed by atoms with Crippen LogP contribution in [0, 0.1) is 0 Å². The average Bonchev–Trinajstić information content (AvgIpc) is 3.18. The molecule has 0 aliphatic carbocycles. The largest absolute Gasteiger partial charge is 0.468 e. The first-order chi connectivity index (χ1) is 9.83. The first-order valence-electron chi connectivity index (χ1n) is 7.43. The third kappa shape index (κ3) is 3.05. The van der Waals surface area contributed by atoms with Gasteiger partial charge in [0.1, 0.15) is 5.76 Å². The predicted molar refractivity (Wildman–Crippen MR) is 81.9 cm³/mol. The van der Waals surface area contributed by atoms with E-state index < -0.39 is 0 Å². The zero-order valence-electron chi connectivity index (χ0n) is 12.0. The molecule has 1 aliphatic heterocycles. The number of benzene rings is 1. The zero-order valence-corrected chi connectivity index (χ0v) is 12.0. The molecule has 1 aliphatic rings. The van der Waals surface area contributed by atoms with Gasteiger partial charge in [0.15, 0.2) is 0 Å². The first kappa shape index (κ1) is 13.3. The Balaban J connectivity index is 1.55. The Kier molecular flexibility index (Phi) is 4.07. The fourth-order valence-corrected chi connectivity index (χ4v) is 2.71. The maximum absolute atomic E-state index is 5.40. The normalized spacial score (nSPS) is 16.6. The van der Waals surface area contributed by atoms with Gasteiger partial charge in [-0.3, -0.25) is 0 Å². The molecule has 1 aromatic heterocycles. The van der Waals surface area contributed by atoms with E-state index in [1.165, 1.54) is 37.2 Å². The van der Waals surface area contributed by atoms with Crippen LogP contribution in [0.15, 0.2) is 47.1 Å². The van der Waals surface area contributed by atoms with Gasteiger partial charge in [-0.05, 0) is 49.6 Å². The number of furan rings is 1. The second kappa shape index (κ2) is 6.14. The topological polar surface area (TPSA) is 28.4 Å². The van der Waals surface area contributed by atoms with Crippen LogP contribution in [0.5, 0.6) is 0 Å². The van der Waals surface area contributed by atoms with Gasteiger partial charge in [0.25, 0.3) is 0 Å². The van der Waals surface area contributed by atoms with Gasteiger partial charge < -0.3 is 14.6 Å². The second-order valence-corrected chi connectivity index (χ2v) is 5.48. The molecule has 0 spiro atoms. The predicted octanol–water partition coefficient (Wildman–Crippen LogP) is 3.73. The standard InChI is InChI=1S/C17H22N2O/c1-14(17-5-4-12-20-17)18-13-15-6-8-16(9-7-15)19-10-2-3-11-19/h4-9,12,14,18H,2-3,10-11,13H2,1H3/t14-/m1/s1. The lowest BCUT2D eigenvalue weighted by atomic mass is 10.1. The van der Waals surface area contributed by atoms with Crippen molar-refractivity contribution in [2.45, 2.75) is 32.4 Å². The van der Waals surface area contributed by atoms with E-state index in [2.05, 4.69) is 41.4 Å². The van der Waals surface area contributed by atoms with E-state index in [0.717, 1.165) is 12.3 Å². The highest BCUT2D eigenvalue weighted by atomic mass is 16.3. The number of hydrogen-bond acceptors (Lipinski definition) is 3. The van der Waals surface area contributed by atoms with Crippen molar-refractivity contribution in [2.24, 2.45) is 0 Å². The van der Waals surface area contributed by atoms with E-state index in [4.69, 9.17) is 4.42 Å².